The van der Waals surface area contributed by atoms with Gasteiger partial charge >= 0.3 is 0 Å². The van der Waals surface area contributed by atoms with Crippen LogP contribution in [-0.2, 0) is 20.9 Å². The van der Waals surface area contributed by atoms with Crippen molar-refractivity contribution in [2.45, 2.75) is 19.5 Å². The van der Waals surface area contributed by atoms with Crippen LogP contribution >= 0.6 is 0 Å². The van der Waals surface area contributed by atoms with Crippen LogP contribution in [0.4, 0.5) is 5.69 Å². The molecular formula is C14H21N3O3. The van der Waals surface area contributed by atoms with Crippen LogP contribution in [0.1, 0.15) is 12.5 Å². The lowest BCUT2D eigenvalue weighted by Gasteiger charge is -2.16. The van der Waals surface area contributed by atoms with Gasteiger partial charge < -0.3 is 20.7 Å². The summed E-state index contributed by atoms with van der Waals surface area (Å²) in [5.41, 5.74) is 7.22. The molecule has 0 bridgehead atoms. The zero-order valence-corrected chi connectivity index (χ0v) is 12.1. The normalized spacial score (nSPS) is 11.8. The highest BCUT2D eigenvalue weighted by atomic mass is 16.5. The van der Waals surface area contributed by atoms with E-state index in [1.54, 1.807) is 18.0 Å². The van der Waals surface area contributed by atoms with E-state index in [1.807, 2.05) is 18.2 Å². The summed E-state index contributed by atoms with van der Waals surface area (Å²) < 4.78 is 4.84. The lowest BCUT2D eigenvalue weighted by atomic mass is 10.2. The zero-order chi connectivity index (χ0) is 15.1. The van der Waals surface area contributed by atoms with Crippen molar-refractivity contribution in [2.24, 2.45) is 5.73 Å². The molecule has 1 rings (SSSR count). The summed E-state index contributed by atoms with van der Waals surface area (Å²) in [7, 11) is 3.22. The summed E-state index contributed by atoms with van der Waals surface area (Å²) in [6.07, 6.45) is 0. The van der Waals surface area contributed by atoms with Gasteiger partial charge in [-0.25, -0.2) is 0 Å². The standard InChI is InChI=1S/C14H21N3O3/c1-10(18)17(2)8-11-5-4-6-12(7-11)16-14(19)13(15)9-20-3/h4-7,13H,8-9,15H2,1-3H3,(H,16,19). The third kappa shape index (κ3) is 4.99. The summed E-state index contributed by atoms with van der Waals surface area (Å²) in [6, 6.07) is 6.60. The van der Waals surface area contributed by atoms with Gasteiger partial charge in [0.25, 0.3) is 0 Å². The predicted molar refractivity (Wildman–Crippen MR) is 77.1 cm³/mol. The number of amides is 2. The van der Waals surface area contributed by atoms with Gasteiger partial charge in [0, 0.05) is 33.3 Å². The number of nitrogens with one attached hydrogen (secondary N) is 1. The maximum atomic E-state index is 11.8. The molecule has 1 aromatic carbocycles. The van der Waals surface area contributed by atoms with Crippen LogP contribution in [0.25, 0.3) is 0 Å². The van der Waals surface area contributed by atoms with E-state index >= 15 is 0 Å². The number of carbonyl (C=O) groups is 2. The molecule has 0 saturated heterocycles. The van der Waals surface area contributed by atoms with Crippen LogP contribution in [0.5, 0.6) is 0 Å². The number of benzene rings is 1. The first-order chi connectivity index (χ1) is 9.43. The third-order valence-corrected chi connectivity index (χ3v) is 2.83. The van der Waals surface area contributed by atoms with Gasteiger partial charge in [0.1, 0.15) is 6.04 Å². The number of anilines is 1. The second kappa shape index (κ2) is 7.62. The maximum absolute atomic E-state index is 11.8. The molecule has 1 aromatic rings. The Bertz CT molecular complexity index is 476. The van der Waals surface area contributed by atoms with E-state index in [-0.39, 0.29) is 18.4 Å². The minimum absolute atomic E-state index is 0.0124. The van der Waals surface area contributed by atoms with Crippen molar-refractivity contribution >= 4 is 17.5 Å². The van der Waals surface area contributed by atoms with Crippen molar-refractivity contribution in [3.8, 4) is 0 Å². The SMILES string of the molecule is COCC(N)C(=O)Nc1cccc(CN(C)C(C)=O)c1. The average molecular weight is 279 g/mol. The van der Waals surface area contributed by atoms with Gasteiger partial charge in [-0.3, -0.25) is 9.59 Å². The lowest BCUT2D eigenvalue weighted by Crippen LogP contribution is -2.39. The fourth-order valence-electron chi connectivity index (χ4n) is 1.62. The smallest absolute Gasteiger partial charge is 0.243 e. The second-order valence-electron chi connectivity index (χ2n) is 4.63. The van der Waals surface area contributed by atoms with Crippen LogP contribution in [0, 0.1) is 0 Å². The Morgan fingerprint density at radius 2 is 2.15 bits per heavy atom. The quantitative estimate of drug-likeness (QED) is 0.797. The Kier molecular flexibility index (Phi) is 6.14. The van der Waals surface area contributed by atoms with Gasteiger partial charge in [0.05, 0.1) is 6.61 Å². The molecule has 110 valence electrons. The van der Waals surface area contributed by atoms with Crippen LogP contribution in [0.15, 0.2) is 24.3 Å². The fourth-order valence-corrected chi connectivity index (χ4v) is 1.62. The number of nitrogens with two attached hydrogens (primary N) is 1. The Balaban J connectivity index is 2.68. The van der Waals surface area contributed by atoms with E-state index in [2.05, 4.69) is 5.32 Å². The fraction of sp³-hybridized carbons (Fsp3) is 0.429. The van der Waals surface area contributed by atoms with Gasteiger partial charge in [-0.15, -0.1) is 0 Å². The van der Waals surface area contributed by atoms with Crippen LogP contribution in [0.3, 0.4) is 0 Å². The molecule has 0 heterocycles. The Morgan fingerprint density at radius 1 is 1.45 bits per heavy atom. The number of ether oxygens (including phenoxy) is 1. The van der Waals surface area contributed by atoms with Crippen molar-refractivity contribution in [1.82, 2.24) is 4.90 Å². The first-order valence-electron chi connectivity index (χ1n) is 6.30. The van der Waals surface area contributed by atoms with Crippen LogP contribution < -0.4 is 11.1 Å². The molecule has 0 aliphatic heterocycles. The molecule has 0 aliphatic carbocycles. The molecule has 0 saturated carbocycles. The second-order valence-corrected chi connectivity index (χ2v) is 4.63. The highest BCUT2D eigenvalue weighted by Gasteiger charge is 2.13. The number of nitrogens with zero attached hydrogens (tertiary/aromatic N) is 1. The molecule has 20 heavy (non-hydrogen) atoms. The number of hydrogen-bond donors (Lipinski definition) is 2. The Labute approximate surface area is 118 Å². The van der Waals surface area contributed by atoms with Crippen molar-refractivity contribution < 1.29 is 14.3 Å². The summed E-state index contributed by atoms with van der Waals surface area (Å²) >= 11 is 0. The minimum atomic E-state index is -0.705. The number of hydrogen-bond acceptors (Lipinski definition) is 4. The molecule has 0 aromatic heterocycles. The topological polar surface area (TPSA) is 84.7 Å². The van der Waals surface area contributed by atoms with Gasteiger partial charge in [0.15, 0.2) is 0 Å². The molecule has 0 radical (unpaired) electrons. The van der Waals surface area contributed by atoms with Crippen molar-refractivity contribution in [1.29, 1.82) is 0 Å². The minimum Gasteiger partial charge on any atom is -0.383 e. The van der Waals surface area contributed by atoms with Crippen molar-refractivity contribution in [3.63, 3.8) is 0 Å². The predicted octanol–water partition coefficient (Wildman–Crippen LogP) is 0.577. The monoisotopic (exact) mass is 279 g/mol. The number of methoxy groups -OCH3 is 1. The molecule has 6 nitrogen and oxygen atoms in total. The average Bonchev–Trinajstić information content (AvgIpc) is 2.39. The number of rotatable bonds is 6. The Hall–Kier alpha value is -1.92. The Morgan fingerprint density at radius 3 is 2.75 bits per heavy atom. The van der Waals surface area contributed by atoms with E-state index in [9.17, 15) is 9.59 Å². The van der Waals surface area contributed by atoms with Crippen molar-refractivity contribution in [3.05, 3.63) is 29.8 Å². The molecule has 6 heteroatoms. The van der Waals surface area contributed by atoms with E-state index in [0.29, 0.717) is 12.2 Å². The van der Waals surface area contributed by atoms with Crippen molar-refractivity contribution in [2.75, 3.05) is 26.1 Å². The van der Waals surface area contributed by atoms with Gasteiger partial charge in [0.2, 0.25) is 11.8 Å². The summed E-state index contributed by atoms with van der Waals surface area (Å²) in [5, 5.41) is 2.72. The molecule has 0 aliphatic rings. The third-order valence-electron chi connectivity index (χ3n) is 2.83. The summed E-state index contributed by atoms with van der Waals surface area (Å²) in [6.45, 7) is 2.16. The first kappa shape index (κ1) is 16.1. The van der Waals surface area contributed by atoms with E-state index < -0.39 is 6.04 Å². The van der Waals surface area contributed by atoms with Gasteiger partial charge in [-0.1, -0.05) is 12.1 Å². The largest absolute Gasteiger partial charge is 0.383 e. The number of carbonyl (C=O) groups excluding carboxylic acids is 2. The van der Waals surface area contributed by atoms with E-state index in [1.165, 1.54) is 14.0 Å². The summed E-state index contributed by atoms with van der Waals surface area (Å²) in [4.78, 5) is 24.6. The highest BCUT2D eigenvalue weighted by molar-refractivity contribution is 5.94. The zero-order valence-electron chi connectivity index (χ0n) is 12.1. The van der Waals surface area contributed by atoms with Gasteiger partial charge in [-0.05, 0) is 17.7 Å². The highest BCUT2D eigenvalue weighted by Crippen LogP contribution is 2.12. The van der Waals surface area contributed by atoms with Gasteiger partial charge in [-0.2, -0.15) is 0 Å². The first-order valence-corrected chi connectivity index (χ1v) is 6.30. The molecule has 1 atom stereocenters. The summed E-state index contributed by atoms with van der Waals surface area (Å²) in [5.74, 6) is -0.314. The molecule has 0 spiro atoms. The molecule has 3 N–H and O–H groups in total. The molecule has 2 amide bonds. The van der Waals surface area contributed by atoms with Crippen LogP contribution in [-0.4, -0.2) is 43.5 Å². The molecule has 1 unspecified atom stereocenters. The van der Waals surface area contributed by atoms with E-state index in [0.717, 1.165) is 5.56 Å². The van der Waals surface area contributed by atoms with E-state index in [4.69, 9.17) is 10.5 Å². The van der Waals surface area contributed by atoms with Crippen LogP contribution in [0.2, 0.25) is 0 Å². The maximum Gasteiger partial charge on any atom is 0.243 e. The molecule has 0 fully saturated rings. The molecular weight excluding hydrogens is 258 g/mol. The lowest BCUT2D eigenvalue weighted by molar-refractivity contribution is -0.128.